The highest BCUT2D eigenvalue weighted by molar-refractivity contribution is 6.25. The van der Waals surface area contributed by atoms with Crippen LogP contribution in [0.3, 0.4) is 0 Å². The lowest BCUT2D eigenvalue weighted by atomic mass is 9.93. The lowest BCUT2D eigenvalue weighted by Crippen LogP contribution is -2.09. The van der Waals surface area contributed by atoms with Crippen LogP contribution in [0.2, 0.25) is 0 Å². The molecule has 0 aliphatic carbocycles. The van der Waals surface area contributed by atoms with Crippen LogP contribution in [-0.4, -0.2) is 14.1 Å². The van der Waals surface area contributed by atoms with Crippen molar-refractivity contribution >= 4 is 50.4 Å². The minimum Gasteiger partial charge on any atom is -0.377 e. The fourth-order valence-corrected chi connectivity index (χ4v) is 3.11. The van der Waals surface area contributed by atoms with Crippen LogP contribution in [0, 0.1) is 0 Å². The van der Waals surface area contributed by atoms with Crippen molar-refractivity contribution in [1.82, 2.24) is 0 Å². The number of nitrogens with zero attached hydrogens (tertiary/aromatic N) is 1. The lowest BCUT2D eigenvalue weighted by Gasteiger charge is -2.18. The molecular weight excluding hydrogens is 266 g/mol. The van der Waals surface area contributed by atoms with Crippen molar-refractivity contribution in [3.8, 4) is 0 Å². The van der Waals surface area contributed by atoms with Gasteiger partial charge in [0.25, 0.3) is 0 Å². The third-order valence-corrected chi connectivity index (χ3v) is 3.99. The van der Waals surface area contributed by atoms with E-state index in [2.05, 4.69) is 73.6 Å². The van der Waals surface area contributed by atoms with E-state index in [-0.39, 0.29) is 12.4 Å². The predicted octanol–water partition coefficient (Wildman–Crippen LogP) is 5.07. The predicted molar refractivity (Wildman–Crippen MR) is 91.7 cm³/mol. The van der Waals surface area contributed by atoms with E-state index in [1.807, 2.05) is 0 Å². The van der Waals surface area contributed by atoms with Crippen molar-refractivity contribution in [2.24, 2.45) is 0 Å². The molecule has 0 bridgehead atoms. The summed E-state index contributed by atoms with van der Waals surface area (Å²) in [4.78, 5) is 2.19. The van der Waals surface area contributed by atoms with Crippen molar-refractivity contribution in [2.45, 2.75) is 0 Å². The third kappa shape index (κ3) is 1.63. The Morgan fingerprint density at radius 3 is 1.85 bits per heavy atom. The van der Waals surface area contributed by atoms with Gasteiger partial charge in [-0.15, -0.1) is 12.4 Å². The van der Waals surface area contributed by atoms with E-state index < -0.39 is 0 Å². The molecule has 0 fully saturated rings. The van der Waals surface area contributed by atoms with Gasteiger partial charge < -0.3 is 4.90 Å². The van der Waals surface area contributed by atoms with Crippen LogP contribution >= 0.6 is 12.4 Å². The van der Waals surface area contributed by atoms with Crippen molar-refractivity contribution in [3.63, 3.8) is 0 Å². The minimum absolute atomic E-state index is 0. The largest absolute Gasteiger partial charge is 0.377 e. The highest BCUT2D eigenvalue weighted by Gasteiger charge is 2.10. The van der Waals surface area contributed by atoms with Gasteiger partial charge in [-0.2, -0.15) is 0 Å². The molecule has 4 aromatic rings. The summed E-state index contributed by atoms with van der Waals surface area (Å²) in [5.74, 6) is 0. The van der Waals surface area contributed by atoms with E-state index in [4.69, 9.17) is 0 Å². The number of anilines is 1. The number of hydrogen-bond acceptors (Lipinski definition) is 1. The van der Waals surface area contributed by atoms with Crippen molar-refractivity contribution in [3.05, 3.63) is 54.6 Å². The summed E-state index contributed by atoms with van der Waals surface area (Å²) >= 11 is 0. The van der Waals surface area contributed by atoms with Crippen LogP contribution in [-0.2, 0) is 0 Å². The van der Waals surface area contributed by atoms with E-state index >= 15 is 0 Å². The molecule has 0 N–H and O–H groups in total. The summed E-state index contributed by atoms with van der Waals surface area (Å²) in [5.41, 5.74) is 1.28. The third-order valence-electron chi connectivity index (χ3n) is 3.99. The summed E-state index contributed by atoms with van der Waals surface area (Å²) in [6.07, 6.45) is 0. The molecule has 0 saturated heterocycles. The Morgan fingerprint density at radius 1 is 0.650 bits per heavy atom. The van der Waals surface area contributed by atoms with Gasteiger partial charge in [-0.05, 0) is 33.0 Å². The van der Waals surface area contributed by atoms with E-state index in [1.165, 1.54) is 38.0 Å². The first kappa shape index (κ1) is 13.0. The second-order valence-corrected chi connectivity index (χ2v) is 5.34. The zero-order chi connectivity index (χ0) is 13.0. The average molecular weight is 282 g/mol. The van der Waals surface area contributed by atoms with E-state index in [0.29, 0.717) is 0 Å². The molecule has 2 heteroatoms. The molecule has 0 amide bonds. The molecule has 0 radical (unpaired) electrons. The van der Waals surface area contributed by atoms with Gasteiger partial charge in [0.05, 0.1) is 0 Å². The first-order chi connectivity index (χ1) is 9.25. The standard InChI is InChI=1S/C18H15N.ClH/c1-19(2)16-11-9-14-7-6-12-4-3-5-13-8-10-15(16)18(14)17(12)13;/h3-11H,1-2H3;1H. The van der Waals surface area contributed by atoms with E-state index in [0.717, 1.165) is 0 Å². The van der Waals surface area contributed by atoms with Crippen LogP contribution in [0.4, 0.5) is 5.69 Å². The molecule has 0 aliphatic heterocycles. The second kappa shape index (κ2) is 4.53. The SMILES string of the molecule is CN(C)c1ccc2ccc3cccc4ccc1c2c34.Cl. The quantitative estimate of drug-likeness (QED) is 0.440. The van der Waals surface area contributed by atoms with Gasteiger partial charge in [0.1, 0.15) is 0 Å². The smallest absolute Gasteiger partial charge is 0.0441 e. The molecule has 100 valence electrons. The number of halogens is 1. The Morgan fingerprint density at radius 2 is 1.20 bits per heavy atom. The maximum atomic E-state index is 2.25. The molecule has 20 heavy (non-hydrogen) atoms. The molecule has 0 saturated carbocycles. The maximum Gasteiger partial charge on any atom is 0.0441 e. The zero-order valence-corrected chi connectivity index (χ0v) is 12.4. The van der Waals surface area contributed by atoms with Gasteiger partial charge in [-0.1, -0.05) is 48.5 Å². The molecule has 0 unspecified atom stereocenters. The van der Waals surface area contributed by atoms with Crippen molar-refractivity contribution < 1.29 is 0 Å². The Kier molecular flexibility index (Phi) is 2.95. The van der Waals surface area contributed by atoms with Crippen LogP contribution in [0.25, 0.3) is 32.3 Å². The van der Waals surface area contributed by atoms with Crippen LogP contribution < -0.4 is 4.90 Å². The van der Waals surface area contributed by atoms with Gasteiger partial charge in [0.15, 0.2) is 0 Å². The van der Waals surface area contributed by atoms with Gasteiger partial charge in [-0.3, -0.25) is 0 Å². The molecule has 4 rings (SSSR count). The topological polar surface area (TPSA) is 3.24 Å². The Bertz CT molecular complexity index is 880. The molecule has 0 aromatic heterocycles. The van der Waals surface area contributed by atoms with Crippen LogP contribution in [0.15, 0.2) is 54.6 Å². The molecular formula is C18H16ClN. The molecule has 0 aliphatic rings. The monoisotopic (exact) mass is 281 g/mol. The summed E-state index contributed by atoms with van der Waals surface area (Å²) in [5, 5.41) is 8.10. The molecule has 4 aromatic carbocycles. The molecule has 0 atom stereocenters. The summed E-state index contributed by atoms with van der Waals surface area (Å²) < 4.78 is 0. The van der Waals surface area contributed by atoms with Crippen molar-refractivity contribution in [2.75, 3.05) is 19.0 Å². The number of rotatable bonds is 1. The highest BCUT2D eigenvalue weighted by Crippen LogP contribution is 2.38. The van der Waals surface area contributed by atoms with Gasteiger partial charge >= 0.3 is 0 Å². The fraction of sp³-hybridized carbons (Fsp3) is 0.111. The summed E-state index contributed by atoms with van der Waals surface area (Å²) in [6.45, 7) is 0. The molecule has 0 heterocycles. The summed E-state index contributed by atoms with van der Waals surface area (Å²) in [6, 6.07) is 19.9. The van der Waals surface area contributed by atoms with Crippen molar-refractivity contribution in [1.29, 1.82) is 0 Å². The Hall–Kier alpha value is -1.99. The first-order valence-corrected chi connectivity index (χ1v) is 6.59. The van der Waals surface area contributed by atoms with Gasteiger partial charge in [0, 0.05) is 25.2 Å². The minimum atomic E-state index is 0. The van der Waals surface area contributed by atoms with E-state index in [9.17, 15) is 0 Å². The van der Waals surface area contributed by atoms with Crippen LogP contribution in [0.1, 0.15) is 0 Å². The lowest BCUT2D eigenvalue weighted by molar-refractivity contribution is 1.14. The molecule has 0 spiro atoms. The maximum absolute atomic E-state index is 2.25. The van der Waals surface area contributed by atoms with Crippen LogP contribution in [0.5, 0.6) is 0 Å². The fourth-order valence-electron chi connectivity index (χ4n) is 3.11. The first-order valence-electron chi connectivity index (χ1n) is 6.59. The van der Waals surface area contributed by atoms with Gasteiger partial charge in [0.2, 0.25) is 0 Å². The Labute approximate surface area is 124 Å². The Balaban J connectivity index is 0.00000121. The molecule has 1 nitrogen and oxygen atoms in total. The number of hydrogen-bond donors (Lipinski definition) is 0. The second-order valence-electron chi connectivity index (χ2n) is 5.34. The van der Waals surface area contributed by atoms with E-state index in [1.54, 1.807) is 0 Å². The zero-order valence-electron chi connectivity index (χ0n) is 11.6. The highest BCUT2D eigenvalue weighted by atomic mass is 35.5. The average Bonchev–Trinajstić information content (AvgIpc) is 2.44. The van der Waals surface area contributed by atoms with Gasteiger partial charge in [-0.25, -0.2) is 0 Å². The number of benzene rings is 4. The normalized spacial score (nSPS) is 11.1. The summed E-state index contributed by atoms with van der Waals surface area (Å²) in [7, 11) is 4.21.